The van der Waals surface area contributed by atoms with Crippen LogP contribution in [-0.4, -0.2) is 43.7 Å². The first-order chi connectivity index (χ1) is 7.70. The summed E-state index contributed by atoms with van der Waals surface area (Å²) in [5.74, 6) is 0.538. The number of hydrogen-bond acceptors (Lipinski definition) is 3. The minimum absolute atomic E-state index is 0.0761. The molecule has 1 amide bonds. The number of carbonyl (C=O) groups is 1. The van der Waals surface area contributed by atoms with Crippen LogP contribution in [0.15, 0.2) is 0 Å². The first-order valence-corrected chi connectivity index (χ1v) is 6.24. The van der Waals surface area contributed by atoms with Crippen molar-refractivity contribution < 1.29 is 9.53 Å². The van der Waals surface area contributed by atoms with Crippen molar-refractivity contribution >= 4 is 5.91 Å². The minimum Gasteiger partial charge on any atom is -0.372 e. The first-order valence-electron chi connectivity index (χ1n) is 6.24. The van der Waals surface area contributed by atoms with Gasteiger partial charge in [0, 0.05) is 19.7 Å². The second-order valence-corrected chi connectivity index (χ2v) is 4.49. The molecule has 2 N–H and O–H groups in total. The molecule has 0 aromatic carbocycles. The molecule has 94 valence electrons. The topological polar surface area (TPSA) is 55.6 Å². The maximum atomic E-state index is 11.8. The molecule has 1 saturated carbocycles. The molecule has 0 aromatic rings. The lowest BCUT2D eigenvalue weighted by molar-refractivity contribution is -0.138. The standard InChI is InChI=1S/C12H24N2O2/c1-3-16-9-12(15)14(2)11-7-5-4-6-10(11)8-13/h10-11H,3-9,13H2,1-2H3. The van der Waals surface area contributed by atoms with Gasteiger partial charge < -0.3 is 15.4 Å². The molecule has 0 aromatic heterocycles. The third-order valence-electron chi connectivity index (χ3n) is 3.49. The van der Waals surface area contributed by atoms with Crippen molar-refractivity contribution in [1.29, 1.82) is 0 Å². The van der Waals surface area contributed by atoms with Gasteiger partial charge in [-0.3, -0.25) is 4.79 Å². The molecule has 1 rings (SSSR count). The van der Waals surface area contributed by atoms with Gasteiger partial charge in [0.05, 0.1) is 0 Å². The van der Waals surface area contributed by atoms with Crippen LogP contribution in [-0.2, 0) is 9.53 Å². The van der Waals surface area contributed by atoms with E-state index in [9.17, 15) is 4.79 Å². The van der Waals surface area contributed by atoms with Crippen LogP contribution in [0.1, 0.15) is 32.6 Å². The summed E-state index contributed by atoms with van der Waals surface area (Å²) >= 11 is 0. The van der Waals surface area contributed by atoms with Crippen molar-refractivity contribution in [2.24, 2.45) is 11.7 Å². The van der Waals surface area contributed by atoms with Crippen molar-refractivity contribution in [1.82, 2.24) is 4.90 Å². The van der Waals surface area contributed by atoms with Crippen molar-refractivity contribution in [2.45, 2.75) is 38.6 Å². The summed E-state index contributed by atoms with van der Waals surface area (Å²) < 4.78 is 5.15. The molecular weight excluding hydrogens is 204 g/mol. The van der Waals surface area contributed by atoms with Crippen molar-refractivity contribution in [3.8, 4) is 0 Å². The monoisotopic (exact) mass is 228 g/mol. The lowest BCUT2D eigenvalue weighted by Gasteiger charge is -2.37. The molecule has 2 unspecified atom stereocenters. The molecular formula is C12H24N2O2. The lowest BCUT2D eigenvalue weighted by Crippen LogP contribution is -2.47. The molecule has 16 heavy (non-hydrogen) atoms. The summed E-state index contributed by atoms with van der Waals surface area (Å²) in [6, 6.07) is 0.312. The Morgan fingerprint density at radius 2 is 2.12 bits per heavy atom. The van der Waals surface area contributed by atoms with E-state index < -0.39 is 0 Å². The van der Waals surface area contributed by atoms with Crippen molar-refractivity contribution in [3.63, 3.8) is 0 Å². The summed E-state index contributed by atoms with van der Waals surface area (Å²) in [5, 5.41) is 0. The number of ether oxygens (including phenoxy) is 1. The minimum atomic E-state index is 0.0761. The van der Waals surface area contributed by atoms with Crippen LogP contribution in [0.5, 0.6) is 0 Å². The Morgan fingerprint density at radius 1 is 1.44 bits per heavy atom. The average molecular weight is 228 g/mol. The Balaban J connectivity index is 2.49. The second kappa shape index (κ2) is 6.86. The SMILES string of the molecule is CCOCC(=O)N(C)C1CCCCC1CN. The summed E-state index contributed by atoms with van der Waals surface area (Å²) in [6.07, 6.45) is 4.67. The molecule has 0 bridgehead atoms. The van der Waals surface area contributed by atoms with Gasteiger partial charge in [0.25, 0.3) is 0 Å². The largest absolute Gasteiger partial charge is 0.372 e. The van der Waals surface area contributed by atoms with Gasteiger partial charge in [0.1, 0.15) is 6.61 Å². The number of amides is 1. The second-order valence-electron chi connectivity index (χ2n) is 4.49. The van der Waals surface area contributed by atoms with Crippen LogP contribution in [0.25, 0.3) is 0 Å². The number of nitrogens with zero attached hydrogens (tertiary/aromatic N) is 1. The molecule has 2 atom stereocenters. The summed E-state index contributed by atoms with van der Waals surface area (Å²) in [7, 11) is 1.88. The number of carbonyl (C=O) groups excluding carboxylic acids is 1. The normalized spacial score (nSPS) is 25.4. The maximum Gasteiger partial charge on any atom is 0.248 e. The fraction of sp³-hybridized carbons (Fsp3) is 0.917. The molecule has 0 heterocycles. The van der Waals surface area contributed by atoms with Gasteiger partial charge in [-0.25, -0.2) is 0 Å². The van der Waals surface area contributed by atoms with Crippen LogP contribution in [0.3, 0.4) is 0 Å². The maximum absolute atomic E-state index is 11.8. The van der Waals surface area contributed by atoms with E-state index >= 15 is 0 Å². The highest BCUT2D eigenvalue weighted by atomic mass is 16.5. The molecule has 1 fully saturated rings. The Kier molecular flexibility index (Phi) is 5.77. The first kappa shape index (κ1) is 13.5. The number of rotatable bonds is 5. The van der Waals surface area contributed by atoms with E-state index in [1.165, 1.54) is 12.8 Å². The quantitative estimate of drug-likeness (QED) is 0.763. The van der Waals surface area contributed by atoms with Gasteiger partial charge in [-0.05, 0) is 32.2 Å². The zero-order valence-corrected chi connectivity index (χ0v) is 10.4. The highest BCUT2D eigenvalue weighted by molar-refractivity contribution is 5.77. The highest BCUT2D eigenvalue weighted by Gasteiger charge is 2.29. The Hall–Kier alpha value is -0.610. The molecule has 1 aliphatic rings. The zero-order chi connectivity index (χ0) is 12.0. The molecule has 0 aliphatic heterocycles. The van der Waals surface area contributed by atoms with E-state index in [-0.39, 0.29) is 12.5 Å². The van der Waals surface area contributed by atoms with Crippen LogP contribution < -0.4 is 5.73 Å². The Bertz CT molecular complexity index is 221. The van der Waals surface area contributed by atoms with Crippen molar-refractivity contribution in [2.75, 3.05) is 26.8 Å². The smallest absolute Gasteiger partial charge is 0.248 e. The number of hydrogen-bond donors (Lipinski definition) is 1. The molecule has 4 nitrogen and oxygen atoms in total. The summed E-state index contributed by atoms with van der Waals surface area (Å²) in [5.41, 5.74) is 5.76. The number of nitrogens with two attached hydrogens (primary N) is 1. The van der Waals surface area contributed by atoms with Crippen LogP contribution in [0.4, 0.5) is 0 Å². The summed E-state index contributed by atoms with van der Waals surface area (Å²) in [4.78, 5) is 13.7. The average Bonchev–Trinajstić information content (AvgIpc) is 2.34. The van der Waals surface area contributed by atoms with Crippen LogP contribution in [0.2, 0.25) is 0 Å². The zero-order valence-electron chi connectivity index (χ0n) is 10.4. The van der Waals surface area contributed by atoms with Crippen molar-refractivity contribution in [3.05, 3.63) is 0 Å². The molecule has 0 spiro atoms. The Morgan fingerprint density at radius 3 is 2.75 bits per heavy atom. The van der Waals surface area contributed by atoms with E-state index in [2.05, 4.69) is 0 Å². The fourth-order valence-corrected chi connectivity index (χ4v) is 2.45. The third-order valence-corrected chi connectivity index (χ3v) is 3.49. The van der Waals surface area contributed by atoms with E-state index in [4.69, 9.17) is 10.5 Å². The Labute approximate surface area is 98.1 Å². The molecule has 4 heteroatoms. The number of likely N-dealkylation sites (N-methyl/N-ethyl adjacent to an activating group) is 1. The van der Waals surface area contributed by atoms with Gasteiger partial charge >= 0.3 is 0 Å². The van der Waals surface area contributed by atoms with E-state index in [0.717, 1.165) is 12.8 Å². The van der Waals surface area contributed by atoms with Gasteiger partial charge in [-0.2, -0.15) is 0 Å². The van der Waals surface area contributed by atoms with Crippen LogP contribution >= 0.6 is 0 Å². The fourth-order valence-electron chi connectivity index (χ4n) is 2.45. The predicted molar refractivity (Wildman–Crippen MR) is 64.1 cm³/mol. The van der Waals surface area contributed by atoms with Crippen LogP contribution in [0, 0.1) is 5.92 Å². The van der Waals surface area contributed by atoms with Gasteiger partial charge in [-0.15, -0.1) is 0 Å². The van der Waals surface area contributed by atoms with E-state index in [1.807, 2.05) is 18.9 Å². The highest BCUT2D eigenvalue weighted by Crippen LogP contribution is 2.27. The predicted octanol–water partition coefficient (Wildman–Crippen LogP) is 0.999. The third kappa shape index (κ3) is 3.46. The van der Waals surface area contributed by atoms with E-state index in [0.29, 0.717) is 25.1 Å². The van der Waals surface area contributed by atoms with Gasteiger partial charge in [0.15, 0.2) is 0 Å². The summed E-state index contributed by atoms with van der Waals surface area (Å²) in [6.45, 7) is 3.36. The van der Waals surface area contributed by atoms with Gasteiger partial charge in [-0.1, -0.05) is 12.8 Å². The van der Waals surface area contributed by atoms with Gasteiger partial charge in [0.2, 0.25) is 5.91 Å². The van der Waals surface area contributed by atoms with E-state index in [1.54, 1.807) is 0 Å². The molecule has 1 aliphatic carbocycles. The lowest BCUT2D eigenvalue weighted by atomic mass is 9.83. The molecule has 0 radical (unpaired) electrons. The molecule has 0 saturated heterocycles.